The van der Waals surface area contributed by atoms with Crippen LogP contribution in [0.2, 0.25) is 0 Å². The molecule has 1 saturated heterocycles. The molecular formula is C29H38N2O5. The lowest BCUT2D eigenvalue weighted by Crippen LogP contribution is -2.55. The summed E-state index contributed by atoms with van der Waals surface area (Å²) in [5.74, 6) is -0.551. The predicted octanol–water partition coefficient (Wildman–Crippen LogP) is 3.09. The highest BCUT2D eigenvalue weighted by Gasteiger charge is 2.54. The number of benzene rings is 2. The first-order valence-corrected chi connectivity index (χ1v) is 12.7. The van der Waals surface area contributed by atoms with Crippen LogP contribution in [0.3, 0.4) is 0 Å². The number of aliphatic hydroxyl groups is 1. The largest absolute Gasteiger partial charge is 0.393 e. The first-order valence-electron chi connectivity index (χ1n) is 12.7. The summed E-state index contributed by atoms with van der Waals surface area (Å²) in [5, 5.41) is 15.4. The molecule has 1 fully saturated rings. The van der Waals surface area contributed by atoms with Crippen LogP contribution in [-0.4, -0.2) is 53.6 Å². The number of ketones is 1. The van der Waals surface area contributed by atoms with Gasteiger partial charge in [-0.1, -0.05) is 70.2 Å². The number of aliphatic hydroxyl groups excluding tert-OH is 1. The number of nitrogens with one attached hydrogen (secondary N) is 2. The van der Waals surface area contributed by atoms with Crippen molar-refractivity contribution in [1.82, 2.24) is 10.6 Å². The summed E-state index contributed by atoms with van der Waals surface area (Å²) in [5.41, 5.74) is 1.19. The minimum atomic E-state index is -1.23. The molecule has 0 bridgehead atoms. The molecule has 0 saturated carbocycles. The first-order chi connectivity index (χ1) is 17.1. The average molecular weight is 495 g/mol. The van der Waals surface area contributed by atoms with E-state index in [0.717, 1.165) is 17.5 Å². The lowest BCUT2D eigenvalue weighted by molar-refractivity contribution is -0.132. The fourth-order valence-electron chi connectivity index (χ4n) is 4.30. The van der Waals surface area contributed by atoms with Gasteiger partial charge < -0.3 is 20.5 Å². The van der Waals surface area contributed by atoms with Crippen LogP contribution in [0.25, 0.3) is 0 Å². The van der Waals surface area contributed by atoms with Crippen LogP contribution in [0.5, 0.6) is 0 Å². The molecule has 2 aromatic rings. The summed E-state index contributed by atoms with van der Waals surface area (Å²) in [6.07, 6.45) is 1.52. The van der Waals surface area contributed by atoms with Crippen molar-refractivity contribution in [3.63, 3.8) is 0 Å². The second kappa shape index (κ2) is 12.3. The summed E-state index contributed by atoms with van der Waals surface area (Å²) >= 11 is 0. The van der Waals surface area contributed by atoms with E-state index in [2.05, 4.69) is 24.5 Å². The third kappa shape index (κ3) is 7.48. The molecule has 3 N–H and O–H groups in total. The number of hydrogen-bond donors (Lipinski definition) is 3. The average Bonchev–Trinajstić information content (AvgIpc) is 3.64. The molecule has 194 valence electrons. The van der Waals surface area contributed by atoms with Gasteiger partial charge in [-0.15, -0.1) is 0 Å². The Balaban J connectivity index is 1.81. The summed E-state index contributed by atoms with van der Waals surface area (Å²) in [6, 6.07) is 15.1. The number of Topliss-reactive ketones (excluding diaryl/α,β-unsaturated/α-hetero) is 1. The monoisotopic (exact) mass is 494 g/mol. The van der Waals surface area contributed by atoms with Crippen LogP contribution >= 0.6 is 0 Å². The summed E-state index contributed by atoms with van der Waals surface area (Å²) in [7, 11) is 0. The second-order valence-corrected chi connectivity index (χ2v) is 10.5. The maximum Gasteiger partial charge on any atom is 0.251 e. The van der Waals surface area contributed by atoms with Crippen molar-refractivity contribution >= 4 is 17.6 Å². The lowest BCUT2D eigenvalue weighted by Gasteiger charge is -2.25. The van der Waals surface area contributed by atoms with Crippen LogP contribution in [0, 0.1) is 11.8 Å². The Hall–Kier alpha value is -3.03. The van der Waals surface area contributed by atoms with Gasteiger partial charge in [0.15, 0.2) is 11.4 Å². The van der Waals surface area contributed by atoms with E-state index in [0.29, 0.717) is 17.9 Å². The van der Waals surface area contributed by atoms with E-state index in [1.807, 2.05) is 62.4 Å². The predicted molar refractivity (Wildman–Crippen MR) is 139 cm³/mol. The molecule has 7 heteroatoms. The molecule has 2 aromatic carbocycles. The quantitative estimate of drug-likeness (QED) is 0.371. The van der Waals surface area contributed by atoms with Crippen LogP contribution in [0.1, 0.15) is 55.6 Å². The standard InChI is InChI=1S/C29H38N2O5/c1-19(2)13-22-11-8-12-23(15-22)27(34)31-25(16-21-9-6-5-7-10-21)28(35)30-24(14-20(3)4)26(33)29(17-32)18-36-29/h5-12,15,19-20,24-25,32H,13-14,16-18H2,1-4H3,(H,30,35)(H,31,34)/t24-,25-,29+/m0/s1. The van der Waals surface area contributed by atoms with Gasteiger partial charge in [-0.25, -0.2) is 0 Å². The number of ether oxygens (including phenoxy) is 1. The molecule has 36 heavy (non-hydrogen) atoms. The molecule has 0 aliphatic carbocycles. The summed E-state index contributed by atoms with van der Waals surface area (Å²) < 4.78 is 5.25. The summed E-state index contributed by atoms with van der Waals surface area (Å²) in [4.78, 5) is 39.8. The second-order valence-electron chi connectivity index (χ2n) is 10.5. The molecule has 0 unspecified atom stereocenters. The first kappa shape index (κ1) is 27.6. The minimum Gasteiger partial charge on any atom is -0.393 e. The minimum absolute atomic E-state index is 0.125. The van der Waals surface area contributed by atoms with Crippen molar-refractivity contribution in [1.29, 1.82) is 0 Å². The molecule has 7 nitrogen and oxygen atoms in total. The molecule has 2 amide bonds. The summed E-state index contributed by atoms with van der Waals surface area (Å²) in [6.45, 7) is 7.88. The van der Waals surface area contributed by atoms with Crippen LogP contribution in [-0.2, 0) is 27.2 Å². The van der Waals surface area contributed by atoms with E-state index in [9.17, 15) is 19.5 Å². The smallest absolute Gasteiger partial charge is 0.251 e. The lowest BCUT2D eigenvalue weighted by atomic mass is 9.92. The van der Waals surface area contributed by atoms with Gasteiger partial charge in [0.1, 0.15) is 6.04 Å². The van der Waals surface area contributed by atoms with Crippen molar-refractivity contribution in [3.05, 3.63) is 71.3 Å². The van der Waals surface area contributed by atoms with Gasteiger partial charge in [0.25, 0.3) is 5.91 Å². The van der Waals surface area contributed by atoms with Gasteiger partial charge in [0.05, 0.1) is 19.3 Å². The normalized spacial score (nSPS) is 18.5. The molecule has 1 aliphatic rings. The topological polar surface area (TPSA) is 108 Å². The van der Waals surface area contributed by atoms with E-state index < -0.39 is 30.2 Å². The van der Waals surface area contributed by atoms with Crippen molar-refractivity contribution in [3.8, 4) is 0 Å². The van der Waals surface area contributed by atoms with Crippen LogP contribution in [0.15, 0.2) is 54.6 Å². The third-order valence-corrected chi connectivity index (χ3v) is 6.27. The zero-order valence-corrected chi connectivity index (χ0v) is 21.6. The van der Waals surface area contributed by atoms with Crippen LogP contribution in [0.4, 0.5) is 0 Å². The molecular weight excluding hydrogens is 456 g/mol. The third-order valence-electron chi connectivity index (χ3n) is 6.27. The number of epoxide rings is 1. The van der Waals surface area contributed by atoms with Gasteiger partial charge in [0, 0.05) is 12.0 Å². The van der Waals surface area contributed by atoms with Crippen molar-refractivity contribution in [2.75, 3.05) is 13.2 Å². The molecule has 3 rings (SSSR count). The molecule has 0 radical (unpaired) electrons. The van der Waals surface area contributed by atoms with Gasteiger partial charge in [-0.2, -0.15) is 0 Å². The Morgan fingerprint density at radius 3 is 2.14 bits per heavy atom. The maximum atomic E-state index is 13.5. The highest BCUT2D eigenvalue weighted by atomic mass is 16.6. The number of rotatable bonds is 13. The van der Waals surface area contributed by atoms with E-state index in [1.165, 1.54) is 0 Å². The maximum absolute atomic E-state index is 13.5. The molecule has 0 spiro atoms. The van der Waals surface area contributed by atoms with Crippen LogP contribution < -0.4 is 10.6 Å². The number of carbonyl (C=O) groups is 3. The fraction of sp³-hybridized carbons (Fsp3) is 0.483. The molecule has 1 heterocycles. The number of carbonyl (C=O) groups excluding carboxylic acids is 3. The van der Waals surface area contributed by atoms with E-state index in [1.54, 1.807) is 6.07 Å². The highest BCUT2D eigenvalue weighted by Crippen LogP contribution is 2.30. The Morgan fingerprint density at radius 2 is 1.56 bits per heavy atom. The Kier molecular flexibility index (Phi) is 9.40. The molecule has 0 aromatic heterocycles. The zero-order chi connectivity index (χ0) is 26.3. The van der Waals surface area contributed by atoms with Gasteiger partial charge in [-0.05, 0) is 47.9 Å². The van der Waals surface area contributed by atoms with Gasteiger partial charge in [-0.3, -0.25) is 14.4 Å². The van der Waals surface area contributed by atoms with E-state index in [4.69, 9.17) is 4.74 Å². The fourth-order valence-corrected chi connectivity index (χ4v) is 4.30. The van der Waals surface area contributed by atoms with Gasteiger partial charge in [0.2, 0.25) is 5.91 Å². The SMILES string of the molecule is CC(C)Cc1cccc(C(=O)N[C@@H](Cc2ccccc2)C(=O)N[C@@H](CC(C)C)C(=O)[C@@]2(CO)CO2)c1. The number of hydrogen-bond acceptors (Lipinski definition) is 5. The van der Waals surface area contributed by atoms with Crippen molar-refractivity contribution in [2.24, 2.45) is 11.8 Å². The van der Waals surface area contributed by atoms with Gasteiger partial charge >= 0.3 is 0 Å². The van der Waals surface area contributed by atoms with Crippen molar-refractivity contribution < 1.29 is 24.2 Å². The van der Waals surface area contributed by atoms with E-state index >= 15 is 0 Å². The Labute approximate surface area is 213 Å². The molecule has 3 atom stereocenters. The zero-order valence-electron chi connectivity index (χ0n) is 21.6. The Morgan fingerprint density at radius 1 is 0.889 bits per heavy atom. The number of amides is 2. The van der Waals surface area contributed by atoms with E-state index in [-0.39, 0.29) is 30.6 Å². The van der Waals surface area contributed by atoms with Crippen molar-refractivity contribution in [2.45, 2.75) is 64.6 Å². The highest BCUT2D eigenvalue weighted by molar-refractivity contribution is 6.00. The molecule has 1 aliphatic heterocycles. The Bertz CT molecular complexity index is 1050.